The lowest BCUT2D eigenvalue weighted by Gasteiger charge is -2.12. The van der Waals surface area contributed by atoms with Gasteiger partial charge < -0.3 is 16.6 Å². The zero-order valence-electron chi connectivity index (χ0n) is 20.8. The van der Waals surface area contributed by atoms with Gasteiger partial charge in [0.25, 0.3) is 0 Å². The number of carbonyl (C=O) groups excluding carboxylic acids is 2. The molecule has 0 fully saturated rings. The normalized spacial score (nSPS) is 11.8. The van der Waals surface area contributed by atoms with Gasteiger partial charge in [0, 0.05) is 17.4 Å². The van der Waals surface area contributed by atoms with Crippen molar-refractivity contribution in [1.29, 1.82) is 0 Å². The molecule has 9 heteroatoms. The average Bonchev–Trinajstić information content (AvgIpc) is 3.57. The summed E-state index contributed by atoms with van der Waals surface area (Å²) in [4.78, 5) is 34.6. The number of fused-ring (bicyclic) bond motifs is 2. The highest BCUT2D eigenvalue weighted by Gasteiger charge is 2.20. The molecule has 0 atom stereocenters. The van der Waals surface area contributed by atoms with Crippen LogP contribution in [-0.4, -0.2) is 36.8 Å². The third-order valence-corrected chi connectivity index (χ3v) is 6.51. The lowest BCUT2D eigenvalue weighted by Crippen LogP contribution is -2.10. The Kier molecular flexibility index (Phi) is 6.76. The van der Waals surface area contributed by atoms with Crippen LogP contribution in [0.25, 0.3) is 28.2 Å². The quantitative estimate of drug-likeness (QED) is 0.243. The van der Waals surface area contributed by atoms with Crippen molar-refractivity contribution in [3.8, 4) is 35.2 Å². The number of hydrogen-bond acceptors (Lipinski definition) is 7. The first-order chi connectivity index (χ1) is 18.9. The number of nitrogens with zero attached hydrogens (tertiary/aromatic N) is 4. The van der Waals surface area contributed by atoms with Gasteiger partial charge in [0.15, 0.2) is 17.8 Å². The number of phenols is 1. The van der Waals surface area contributed by atoms with Crippen LogP contribution >= 0.6 is 0 Å². The van der Waals surface area contributed by atoms with E-state index in [0.717, 1.165) is 41.1 Å². The van der Waals surface area contributed by atoms with Crippen molar-refractivity contribution < 1.29 is 14.7 Å². The van der Waals surface area contributed by atoms with E-state index < -0.39 is 5.91 Å². The van der Waals surface area contributed by atoms with E-state index in [1.165, 1.54) is 35.7 Å². The highest BCUT2D eigenvalue weighted by Crippen LogP contribution is 2.32. The number of imidazole rings is 1. The summed E-state index contributed by atoms with van der Waals surface area (Å²) >= 11 is 0. The smallest absolute Gasteiger partial charge is 0.248 e. The van der Waals surface area contributed by atoms with Crippen LogP contribution in [0.4, 0.5) is 5.82 Å². The number of nitrogens with two attached hydrogens (primary N) is 2. The lowest BCUT2D eigenvalue weighted by molar-refractivity contribution is 0.1000. The molecule has 192 valence electrons. The maximum Gasteiger partial charge on any atom is 0.248 e. The van der Waals surface area contributed by atoms with Gasteiger partial charge in [-0.05, 0) is 85.0 Å². The summed E-state index contributed by atoms with van der Waals surface area (Å²) in [6.45, 7) is 0. The molecule has 5 N–H and O–H groups in total. The standard InChI is InChI=1S/C22H17N5.C8H7NO3/c1-2-16-9-11-19-22(25-16)27(17-10-8-14-5-3-6-15(14)13-17)21(26-19)18-7-4-12-24-20(18)23;9-8(12)5-1-2-7(11)6(3-5)4-10/h1,4,7-13H,3,5-6H2,(H2,23,24);1-4,11H,(H2,9,12). The van der Waals surface area contributed by atoms with Crippen LogP contribution in [0.2, 0.25) is 0 Å². The van der Waals surface area contributed by atoms with Gasteiger partial charge in [0.05, 0.1) is 11.1 Å². The number of aromatic nitrogens is 4. The average molecular weight is 517 g/mol. The van der Waals surface area contributed by atoms with Gasteiger partial charge in [-0.3, -0.25) is 14.2 Å². The summed E-state index contributed by atoms with van der Waals surface area (Å²) < 4.78 is 2.03. The first-order valence-corrected chi connectivity index (χ1v) is 12.2. The monoisotopic (exact) mass is 516 g/mol. The van der Waals surface area contributed by atoms with Gasteiger partial charge in [-0.15, -0.1) is 6.42 Å². The van der Waals surface area contributed by atoms with Crippen molar-refractivity contribution in [3.05, 3.63) is 94.8 Å². The van der Waals surface area contributed by atoms with Crippen molar-refractivity contribution in [3.63, 3.8) is 0 Å². The molecular weight excluding hydrogens is 492 g/mol. The van der Waals surface area contributed by atoms with Gasteiger partial charge in [-0.2, -0.15) is 0 Å². The molecule has 1 amide bonds. The van der Waals surface area contributed by atoms with Crippen molar-refractivity contribution in [2.75, 3.05) is 5.73 Å². The largest absolute Gasteiger partial charge is 0.507 e. The number of nitrogen functional groups attached to an aromatic ring is 1. The summed E-state index contributed by atoms with van der Waals surface area (Å²) in [5.41, 5.74) is 18.0. The van der Waals surface area contributed by atoms with E-state index in [1.807, 2.05) is 22.8 Å². The number of amides is 1. The number of hydrogen-bond donors (Lipinski definition) is 3. The predicted molar refractivity (Wildman–Crippen MR) is 148 cm³/mol. The van der Waals surface area contributed by atoms with E-state index in [-0.39, 0.29) is 16.9 Å². The molecule has 0 saturated carbocycles. The van der Waals surface area contributed by atoms with Crippen LogP contribution in [0.5, 0.6) is 5.75 Å². The lowest BCUT2D eigenvalue weighted by atomic mass is 10.1. The maximum atomic E-state index is 10.6. The zero-order valence-corrected chi connectivity index (χ0v) is 20.8. The molecule has 0 bridgehead atoms. The predicted octanol–water partition coefficient (Wildman–Crippen LogP) is 3.84. The minimum Gasteiger partial charge on any atom is -0.507 e. The van der Waals surface area contributed by atoms with E-state index >= 15 is 0 Å². The number of pyridine rings is 2. The summed E-state index contributed by atoms with van der Waals surface area (Å²) in [6.07, 6.45) is 11.2. The Labute approximate surface area is 224 Å². The van der Waals surface area contributed by atoms with E-state index in [2.05, 4.69) is 34.1 Å². The van der Waals surface area contributed by atoms with Crippen LogP contribution in [-0.2, 0) is 12.8 Å². The van der Waals surface area contributed by atoms with Gasteiger partial charge in [-0.1, -0.05) is 12.0 Å². The SMILES string of the molecule is C#Cc1ccc2nc(-c3cccnc3N)n(-c3ccc4c(c3)CCC4)c2n1.NC(=O)c1ccc(O)c(C=O)c1. The zero-order chi connectivity index (χ0) is 27.5. The van der Waals surface area contributed by atoms with Gasteiger partial charge in [0.2, 0.25) is 5.91 Å². The molecule has 3 aromatic heterocycles. The fourth-order valence-corrected chi connectivity index (χ4v) is 4.57. The van der Waals surface area contributed by atoms with Crippen LogP contribution in [0.3, 0.4) is 0 Å². The molecule has 0 aliphatic heterocycles. The Hall–Kier alpha value is -5.49. The first kappa shape index (κ1) is 25.2. The second kappa shape index (κ2) is 10.5. The second-order valence-corrected chi connectivity index (χ2v) is 8.95. The number of aryl methyl sites for hydroxylation is 2. The number of carbonyl (C=O) groups is 2. The Balaban J connectivity index is 0.000000217. The number of aldehydes is 1. The topological polar surface area (TPSA) is 150 Å². The third kappa shape index (κ3) is 4.91. The van der Waals surface area contributed by atoms with E-state index in [1.54, 1.807) is 12.3 Å². The summed E-state index contributed by atoms with van der Waals surface area (Å²) in [5, 5.41) is 9.03. The number of phenolic OH excluding ortho intramolecular Hbond substituents is 1. The summed E-state index contributed by atoms with van der Waals surface area (Å²) in [7, 11) is 0. The number of benzene rings is 2. The maximum absolute atomic E-state index is 10.6. The molecule has 0 spiro atoms. The molecule has 1 aliphatic rings. The molecule has 5 aromatic rings. The highest BCUT2D eigenvalue weighted by molar-refractivity contribution is 5.95. The molecular formula is C30H24N6O3. The molecule has 9 nitrogen and oxygen atoms in total. The van der Waals surface area contributed by atoms with E-state index in [4.69, 9.17) is 28.0 Å². The molecule has 39 heavy (non-hydrogen) atoms. The van der Waals surface area contributed by atoms with Crippen molar-refractivity contribution in [2.24, 2.45) is 5.73 Å². The Morgan fingerprint density at radius 3 is 2.62 bits per heavy atom. The molecule has 6 rings (SSSR count). The van der Waals surface area contributed by atoms with Gasteiger partial charge in [0.1, 0.15) is 22.8 Å². The van der Waals surface area contributed by atoms with Crippen LogP contribution in [0, 0.1) is 12.3 Å². The van der Waals surface area contributed by atoms with Crippen molar-refractivity contribution in [2.45, 2.75) is 19.3 Å². The van der Waals surface area contributed by atoms with Crippen molar-refractivity contribution in [1.82, 2.24) is 19.5 Å². The third-order valence-electron chi connectivity index (χ3n) is 6.51. The van der Waals surface area contributed by atoms with E-state index in [0.29, 0.717) is 17.8 Å². The highest BCUT2D eigenvalue weighted by atomic mass is 16.3. The van der Waals surface area contributed by atoms with Crippen LogP contribution in [0.15, 0.2) is 66.9 Å². The molecule has 1 aliphatic carbocycles. The van der Waals surface area contributed by atoms with Gasteiger partial charge in [-0.25, -0.2) is 15.0 Å². The van der Waals surface area contributed by atoms with Crippen molar-refractivity contribution >= 4 is 29.2 Å². The summed E-state index contributed by atoms with van der Waals surface area (Å²) in [5.74, 6) is 2.98. The number of primary amides is 1. The fourth-order valence-electron chi connectivity index (χ4n) is 4.57. The summed E-state index contributed by atoms with van der Waals surface area (Å²) in [6, 6.07) is 17.9. The number of aromatic hydroxyl groups is 1. The Morgan fingerprint density at radius 1 is 1.05 bits per heavy atom. The molecule has 3 heterocycles. The fraction of sp³-hybridized carbons (Fsp3) is 0.100. The molecule has 0 radical (unpaired) electrons. The van der Waals surface area contributed by atoms with Gasteiger partial charge >= 0.3 is 0 Å². The second-order valence-electron chi connectivity index (χ2n) is 8.95. The first-order valence-electron chi connectivity index (χ1n) is 12.2. The molecule has 2 aromatic carbocycles. The van der Waals surface area contributed by atoms with Crippen LogP contribution < -0.4 is 11.5 Å². The minimum absolute atomic E-state index is 0.0614. The minimum atomic E-state index is -0.627. The Bertz CT molecular complexity index is 1780. The number of rotatable bonds is 4. The van der Waals surface area contributed by atoms with E-state index in [9.17, 15) is 9.59 Å². The molecule has 0 unspecified atom stereocenters. The Morgan fingerprint density at radius 2 is 1.87 bits per heavy atom. The number of anilines is 1. The molecule has 0 saturated heterocycles. The number of terminal acetylenes is 1. The van der Waals surface area contributed by atoms with Crippen LogP contribution in [0.1, 0.15) is 44.0 Å².